The minimum absolute atomic E-state index is 0.475. The largest absolute Gasteiger partial charge is 0.377 e. The Morgan fingerprint density at radius 3 is 2.91 bits per heavy atom. The van der Waals surface area contributed by atoms with Crippen molar-refractivity contribution >= 4 is 0 Å². The van der Waals surface area contributed by atoms with Crippen molar-refractivity contribution in [1.29, 1.82) is 0 Å². The highest BCUT2D eigenvalue weighted by Gasteiger charge is 2.26. The molecule has 3 heteroatoms. The summed E-state index contributed by atoms with van der Waals surface area (Å²) in [7, 11) is 0. The quantitative estimate of drug-likeness (QED) is 0.548. The molecule has 64 valence electrons. The van der Waals surface area contributed by atoms with E-state index in [0.29, 0.717) is 12.1 Å². The van der Waals surface area contributed by atoms with Gasteiger partial charge in [-0.05, 0) is 12.8 Å². The average molecular weight is 156 g/mol. The molecular formula is C8H16N2O. The molecule has 11 heavy (non-hydrogen) atoms. The fourth-order valence-electron chi connectivity index (χ4n) is 1.86. The fraction of sp³-hybridized carbons (Fsp3) is 1.00. The van der Waals surface area contributed by atoms with Crippen LogP contribution in [0.5, 0.6) is 0 Å². The van der Waals surface area contributed by atoms with Crippen molar-refractivity contribution < 1.29 is 4.74 Å². The van der Waals surface area contributed by atoms with Crippen LogP contribution in [0.3, 0.4) is 0 Å². The fourth-order valence-corrected chi connectivity index (χ4v) is 1.86. The van der Waals surface area contributed by atoms with Crippen molar-refractivity contribution in [2.45, 2.75) is 25.0 Å². The zero-order valence-corrected chi connectivity index (χ0v) is 6.81. The first-order valence-electron chi connectivity index (χ1n) is 4.52. The van der Waals surface area contributed by atoms with E-state index < -0.39 is 0 Å². The molecule has 2 unspecified atom stereocenters. The molecule has 0 amide bonds. The van der Waals surface area contributed by atoms with E-state index in [4.69, 9.17) is 4.74 Å². The third-order valence-corrected chi connectivity index (χ3v) is 2.49. The lowest BCUT2D eigenvalue weighted by atomic mass is 10.1. The highest BCUT2D eigenvalue weighted by molar-refractivity contribution is 4.85. The van der Waals surface area contributed by atoms with Crippen LogP contribution in [0.1, 0.15) is 12.8 Å². The molecule has 0 aliphatic carbocycles. The van der Waals surface area contributed by atoms with Crippen LogP contribution in [-0.2, 0) is 4.74 Å². The van der Waals surface area contributed by atoms with E-state index in [1.165, 1.54) is 12.8 Å². The molecule has 2 aliphatic heterocycles. The third kappa shape index (κ3) is 1.72. The Morgan fingerprint density at radius 1 is 1.27 bits per heavy atom. The van der Waals surface area contributed by atoms with Crippen molar-refractivity contribution in [3.05, 3.63) is 0 Å². The molecule has 2 aliphatic rings. The molecule has 2 rings (SSSR count). The smallest absolute Gasteiger partial charge is 0.0741 e. The minimum atomic E-state index is 0.475. The molecule has 2 heterocycles. The Labute approximate surface area is 67.5 Å². The number of hydrogen-bond acceptors (Lipinski definition) is 3. The van der Waals surface area contributed by atoms with Gasteiger partial charge in [-0.1, -0.05) is 0 Å². The second-order valence-electron chi connectivity index (χ2n) is 3.32. The Hall–Kier alpha value is -0.120. The summed E-state index contributed by atoms with van der Waals surface area (Å²) in [5, 5.41) is 6.84. The first kappa shape index (κ1) is 7.53. The lowest BCUT2D eigenvalue weighted by Gasteiger charge is -2.28. The van der Waals surface area contributed by atoms with Gasteiger partial charge in [0.1, 0.15) is 0 Å². The number of hydrogen-bond donors (Lipinski definition) is 2. The van der Waals surface area contributed by atoms with Gasteiger partial charge in [0.2, 0.25) is 0 Å². The summed E-state index contributed by atoms with van der Waals surface area (Å²) in [6, 6.07) is 0.561. The van der Waals surface area contributed by atoms with Gasteiger partial charge in [0.15, 0.2) is 0 Å². The van der Waals surface area contributed by atoms with E-state index in [1.54, 1.807) is 0 Å². The van der Waals surface area contributed by atoms with Crippen molar-refractivity contribution in [3.8, 4) is 0 Å². The first-order chi connectivity index (χ1) is 5.47. The lowest BCUT2D eigenvalue weighted by Crippen LogP contribution is -2.53. The van der Waals surface area contributed by atoms with Crippen LogP contribution < -0.4 is 10.6 Å². The van der Waals surface area contributed by atoms with Crippen LogP contribution in [0.4, 0.5) is 0 Å². The number of piperazine rings is 1. The predicted octanol–water partition coefficient (Wildman–Crippen LogP) is -0.273. The maximum atomic E-state index is 5.59. The van der Waals surface area contributed by atoms with Crippen LogP contribution in [0.25, 0.3) is 0 Å². The molecule has 2 N–H and O–H groups in total. The summed E-state index contributed by atoms with van der Waals surface area (Å²) < 4.78 is 5.59. The molecule has 0 aromatic carbocycles. The van der Waals surface area contributed by atoms with Crippen LogP contribution in [0, 0.1) is 0 Å². The summed E-state index contributed by atoms with van der Waals surface area (Å²) >= 11 is 0. The van der Waals surface area contributed by atoms with Crippen LogP contribution in [0.15, 0.2) is 0 Å². The van der Waals surface area contributed by atoms with Gasteiger partial charge in [-0.25, -0.2) is 0 Å². The maximum Gasteiger partial charge on any atom is 0.0741 e. The van der Waals surface area contributed by atoms with Gasteiger partial charge in [-0.3, -0.25) is 0 Å². The van der Waals surface area contributed by atoms with E-state index in [9.17, 15) is 0 Å². The molecule has 0 aromatic rings. The Bertz CT molecular complexity index is 117. The Morgan fingerprint density at radius 2 is 2.27 bits per heavy atom. The van der Waals surface area contributed by atoms with Gasteiger partial charge < -0.3 is 15.4 Å². The average Bonchev–Trinajstić information content (AvgIpc) is 2.58. The predicted molar refractivity (Wildman–Crippen MR) is 43.6 cm³/mol. The molecule has 0 radical (unpaired) electrons. The van der Waals surface area contributed by atoms with Gasteiger partial charge in [0, 0.05) is 32.3 Å². The van der Waals surface area contributed by atoms with Gasteiger partial charge >= 0.3 is 0 Å². The van der Waals surface area contributed by atoms with Gasteiger partial charge in [0.25, 0.3) is 0 Å². The summed E-state index contributed by atoms with van der Waals surface area (Å²) in [5.74, 6) is 0. The molecule has 0 bridgehead atoms. The van der Waals surface area contributed by atoms with Crippen molar-refractivity contribution in [2.75, 3.05) is 26.2 Å². The zero-order valence-electron chi connectivity index (χ0n) is 6.81. The van der Waals surface area contributed by atoms with Gasteiger partial charge in [-0.2, -0.15) is 0 Å². The number of nitrogens with one attached hydrogen (secondary N) is 2. The van der Waals surface area contributed by atoms with E-state index in [0.717, 1.165) is 26.2 Å². The van der Waals surface area contributed by atoms with Crippen molar-refractivity contribution in [3.63, 3.8) is 0 Å². The highest BCUT2D eigenvalue weighted by Crippen LogP contribution is 2.15. The summed E-state index contributed by atoms with van der Waals surface area (Å²) in [5.41, 5.74) is 0. The molecule has 2 fully saturated rings. The van der Waals surface area contributed by atoms with Crippen LogP contribution in [0.2, 0.25) is 0 Å². The maximum absolute atomic E-state index is 5.59. The van der Waals surface area contributed by atoms with Crippen LogP contribution >= 0.6 is 0 Å². The third-order valence-electron chi connectivity index (χ3n) is 2.49. The number of ether oxygens (including phenoxy) is 1. The SMILES string of the molecule is C1COC(C2CNCCN2)C1. The summed E-state index contributed by atoms with van der Waals surface area (Å²) in [6.07, 6.45) is 2.95. The molecule has 3 nitrogen and oxygen atoms in total. The molecular weight excluding hydrogens is 140 g/mol. The molecule has 2 saturated heterocycles. The molecule has 0 aromatic heterocycles. The summed E-state index contributed by atoms with van der Waals surface area (Å²) in [6.45, 7) is 4.22. The second kappa shape index (κ2) is 3.52. The topological polar surface area (TPSA) is 33.3 Å². The van der Waals surface area contributed by atoms with Gasteiger partial charge in [0.05, 0.1) is 6.10 Å². The van der Waals surface area contributed by atoms with E-state index in [1.807, 2.05) is 0 Å². The van der Waals surface area contributed by atoms with Crippen molar-refractivity contribution in [1.82, 2.24) is 10.6 Å². The molecule has 0 saturated carbocycles. The Balaban J connectivity index is 1.82. The monoisotopic (exact) mass is 156 g/mol. The zero-order chi connectivity index (χ0) is 7.52. The van der Waals surface area contributed by atoms with Gasteiger partial charge in [-0.15, -0.1) is 0 Å². The minimum Gasteiger partial charge on any atom is -0.377 e. The molecule has 0 spiro atoms. The van der Waals surface area contributed by atoms with Crippen molar-refractivity contribution in [2.24, 2.45) is 0 Å². The second-order valence-corrected chi connectivity index (χ2v) is 3.32. The number of rotatable bonds is 1. The first-order valence-corrected chi connectivity index (χ1v) is 4.52. The lowest BCUT2D eigenvalue weighted by molar-refractivity contribution is 0.0736. The summed E-state index contributed by atoms with van der Waals surface area (Å²) in [4.78, 5) is 0. The van der Waals surface area contributed by atoms with E-state index in [-0.39, 0.29) is 0 Å². The van der Waals surface area contributed by atoms with E-state index >= 15 is 0 Å². The van der Waals surface area contributed by atoms with E-state index in [2.05, 4.69) is 10.6 Å². The normalized spacial score (nSPS) is 39.3. The van der Waals surface area contributed by atoms with Crippen LogP contribution in [-0.4, -0.2) is 38.4 Å². The molecule has 2 atom stereocenters. The highest BCUT2D eigenvalue weighted by atomic mass is 16.5. The standard InChI is InChI=1S/C8H16N2O/c1-2-8(11-5-1)7-6-9-3-4-10-7/h7-10H,1-6H2. The Kier molecular flexibility index (Phi) is 2.41.